The summed E-state index contributed by atoms with van der Waals surface area (Å²) in [5, 5.41) is 8.42. The van der Waals surface area contributed by atoms with E-state index in [1.54, 1.807) is 6.20 Å². The minimum Gasteiger partial charge on any atom is -0.480 e. The molecule has 78 valence electrons. The van der Waals surface area contributed by atoms with E-state index in [4.69, 9.17) is 10.8 Å². The third kappa shape index (κ3) is 5.76. The number of nitrogens with two attached hydrogens (primary N) is 1. The predicted octanol–water partition coefficient (Wildman–Crippen LogP) is -2.29. The first kappa shape index (κ1) is 18.9. The van der Waals surface area contributed by atoms with Crippen LogP contribution in [0.4, 0.5) is 0 Å². The van der Waals surface area contributed by atoms with Crippen molar-refractivity contribution in [1.82, 2.24) is 9.97 Å². The Morgan fingerprint density at radius 2 is 2.21 bits per heavy atom. The number of carboxylic acids is 1. The van der Waals surface area contributed by atoms with Gasteiger partial charge in [0.2, 0.25) is 0 Å². The molecule has 1 aromatic rings. The number of nitrogens with zero attached hydrogens (tertiary/aromatic N) is 1. The molecule has 0 radical (unpaired) electrons. The van der Waals surface area contributed by atoms with Gasteiger partial charge in [0.05, 0.1) is 6.33 Å². The van der Waals surface area contributed by atoms with Gasteiger partial charge < -0.3 is 26.8 Å². The number of rotatable bonds is 3. The summed E-state index contributed by atoms with van der Waals surface area (Å²) in [7, 11) is 0. The van der Waals surface area contributed by atoms with Crippen LogP contribution in [0.25, 0.3) is 0 Å². The zero-order chi connectivity index (χ0) is 8.27. The van der Waals surface area contributed by atoms with Crippen molar-refractivity contribution in [3.63, 3.8) is 0 Å². The van der Waals surface area contributed by atoms with E-state index in [-0.39, 0.29) is 36.9 Å². The van der Waals surface area contributed by atoms with Crippen LogP contribution in [0.5, 0.6) is 0 Å². The Balaban J connectivity index is -0.000000403. The molecular formula is C6H13N3O4Zn. The predicted molar refractivity (Wildman–Crippen MR) is 45.1 cm³/mol. The van der Waals surface area contributed by atoms with Gasteiger partial charge in [0.25, 0.3) is 0 Å². The molecule has 14 heavy (non-hydrogen) atoms. The maximum Gasteiger partial charge on any atom is 0.320 e. The fourth-order valence-corrected chi connectivity index (χ4v) is 0.721. The van der Waals surface area contributed by atoms with Gasteiger partial charge in [0, 0.05) is 37.8 Å². The average Bonchev–Trinajstić information content (AvgIpc) is 2.39. The molecule has 1 heterocycles. The number of hydrogen-bond donors (Lipinski definition) is 3. The number of aliphatic carboxylic acids is 1. The fraction of sp³-hybridized carbons (Fsp3) is 0.333. The molecule has 7 nitrogen and oxygen atoms in total. The molecule has 0 amide bonds. The van der Waals surface area contributed by atoms with Crippen molar-refractivity contribution in [3.05, 3.63) is 18.2 Å². The molecule has 8 N–H and O–H groups in total. The maximum absolute atomic E-state index is 10.3. The Morgan fingerprint density at radius 3 is 2.57 bits per heavy atom. The number of carbonyl (C=O) groups is 1. The van der Waals surface area contributed by atoms with Crippen molar-refractivity contribution in [3.8, 4) is 0 Å². The summed E-state index contributed by atoms with van der Waals surface area (Å²) >= 11 is 0. The van der Waals surface area contributed by atoms with E-state index in [2.05, 4.69) is 9.97 Å². The summed E-state index contributed by atoms with van der Waals surface area (Å²) in [4.78, 5) is 16.8. The molecule has 0 saturated carbocycles. The number of carboxylic acid groups (broad SMARTS) is 1. The van der Waals surface area contributed by atoms with Crippen LogP contribution in [0.1, 0.15) is 5.69 Å². The van der Waals surface area contributed by atoms with Crippen LogP contribution < -0.4 is 5.73 Å². The van der Waals surface area contributed by atoms with Gasteiger partial charge in [-0.15, -0.1) is 0 Å². The quantitative estimate of drug-likeness (QED) is 0.520. The largest absolute Gasteiger partial charge is 0.480 e. The minimum atomic E-state index is -1.00. The maximum atomic E-state index is 10.3. The summed E-state index contributed by atoms with van der Waals surface area (Å²) < 4.78 is 0. The standard InChI is InChI=1S/C6H9N3O2.2H2O.Zn/c7-5(6(10)11)1-4-2-8-3-9-4;;;/h2-3,5H,1,7H2,(H,8,9)(H,10,11);2*1H2;/t5-;;;/m0.../s1. The first-order valence-corrected chi connectivity index (χ1v) is 3.16. The van der Waals surface area contributed by atoms with E-state index in [0.717, 1.165) is 5.69 Å². The van der Waals surface area contributed by atoms with Gasteiger partial charge in [-0.2, -0.15) is 0 Å². The van der Waals surface area contributed by atoms with Crippen molar-refractivity contribution in [2.45, 2.75) is 12.5 Å². The van der Waals surface area contributed by atoms with Crippen molar-refractivity contribution in [1.29, 1.82) is 0 Å². The second-order valence-electron chi connectivity index (χ2n) is 2.23. The summed E-state index contributed by atoms with van der Waals surface area (Å²) in [5.74, 6) is -1.00. The zero-order valence-corrected chi connectivity index (χ0v) is 10.5. The fourth-order valence-electron chi connectivity index (χ4n) is 0.721. The van der Waals surface area contributed by atoms with E-state index in [1.165, 1.54) is 6.33 Å². The number of hydrogen-bond acceptors (Lipinski definition) is 3. The van der Waals surface area contributed by atoms with Crippen LogP contribution in [-0.2, 0) is 30.7 Å². The Labute approximate surface area is 93.1 Å². The van der Waals surface area contributed by atoms with Crippen molar-refractivity contribution in [2.24, 2.45) is 5.73 Å². The van der Waals surface area contributed by atoms with Crippen LogP contribution in [-0.4, -0.2) is 38.0 Å². The number of H-pyrrole nitrogens is 1. The van der Waals surface area contributed by atoms with Crippen LogP contribution >= 0.6 is 0 Å². The first-order chi connectivity index (χ1) is 5.20. The van der Waals surface area contributed by atoms with E-state index >= 15 is 0 Å². The third-order valence-electron chi connectivity index (χ3n) is 1.31. The second kappa shape index (κ2) is 8.77. The Hall–Kier alpha value is -0.817. The van der Waals surface area contributed by atoms with Crippen LogP contribution in [0.2, 0.25) is 0 Å². The van der Waals surface area contributed by atoms with Crippen LogP contribution in [0.15, 0.2) is 12.5 Å². The molecule has 0 unspecified atom stereocenters. The van der Waals surface area contributed by atoms with Gasteiger partial charge in [-0.3, -0.25) is 4.79 Å². The number of aromatic amines is 1. The Bertz CT molecular complexity index is 241. The molecule has 1 aromatic heterocycles. The topological polar surface area (TPSA) is 155 Å². The summed E-state index contributed by atoms with van der Waals surface area (Å²) in [6, 6.07) is -0.851. The Kier molecular flexibility index (Phi) is 11.8. The monoisotopic (exact) mass is 255 g/mol. The van der Waals surface area contributed by atoms with Gasteiger partial charge in [-0.1, -0.05) is 0 Å². The van der Waals surface area contributed by atoms with E-state index in [9.17, 15) is 4.79 Å². The van der Waals surface area contributed by atoms with Crippen LogP contribution in [0, 0.1) is 0 Å². The summed E-state index contributed by atoms with van der Waals surface area (Å²) in [6.07, 6.45) is 3.34. The molecular weight excluding hydrogens is 243 g/mol. The average molecular weight is 257 g/mol. The molecule has 0 fully saturated rings. The first-order valence-electron chi connectivity index (χ1n) is 3.16. The van der Waals surface area contributed by atoms with Crippen molar-refractivity contribution >= 4 is 5.97 Å². The molecule has 0 aromatic carbocycles. The molecule has 1 rings (SSSR count). The number of aromatic nitrogens is 2. The van der Waals surface area contributed by atoms with Gasteiger partial charge in [-0.05, 0) is 0 Å². The SMILES string of the molecule is N[C@@H](Cc1cnc[nH]1)C(=O)O.O.O.[Zn]. The van der Waals surface area contributed by atoms with Crippen LogP contribution in [0.3, 0.4) is 0 Å². The van der Waals surface area contributed by atoms with Crippen molar-refractivity contribution in [2.75, 3.05) is 0 Å². The number of imidazole rings is 1. The summed E-state index contributed by atoms with van der Waals surface area (Å²) in [5.41, 5.74) is 6.00. The van der Waals surface area contributed by atoms with Gasteiger partial charge in [0.15, 0.2) is 0 Å². The van der Waals surface area contributed by atoms with Gasteiger partial charge in [-0.25, -0.2) is 4.98 Å². The molecule has 0 spiro atoms. The molecule has 0 aliphatic carbocycles. The molecule has 1 atom stereocenters. The number of nitrogens with one attached hydrogen (secondary N) is 1. The molecule has 0 aliphatic heterocycles. The second-order valence-corrected chi connectivity index (χ2v) is 2.23. The van der Waals surface area contributed by atoms with E-state index in [1.807, 2.05) is 0 Å². The minimum absolute atomic E-state index is 0. The van der Waals surface area contributed by atoms with E-state index in [0.29, 0.717) is 0 Å². The Morgan fingerprint density at radius 1 is 1.64 bits per heavy atom. The molecule has 8 heteroatoms. The molecule has 0 aliphatic rings. The molecule has 0 bridgehead atoms. The smallest absolute Gasteiger partial charge is 0.320 e. The van der Waals surface area contributed by atoms with Gasteiger partial charge >= 0.3 is 5.97 Å². The zero-order valence-electron chi connectivity index (χ0n) is 7.53. The summed E-state index contributed by atoms with van der Waals surface area (Å²) in [6.45, 7) is 0. The third-order valence-corrected chi connectivity index (χ3v) is 1.31. The van der Waals surface area contributed by atoms with Crippen molar-refractivity contribution < 1.29 is 40.3 Å². The van der Waals surface area contributed by atoms with Gasteiger partial charge in [0.1, 0.15) is 6.04 Å². The van der Waals surface area contributed by atoms with E-state index < -0.39 is 12.0 Å². The molecule has 0 saturated heterocycles. The normalized spacial score (nSPS) is 10.1.